The standard InChI is InChI=1S/C25H37NO.C24H35NO.C23H33NO.C17H21NO/c1-3-5-6-7-8-9-10-20-27-25-18-14-22(15-19-25)12-16-24-17-13-23(11-4-2)21-26-24;1-3-5-6-7-8-9-19-26-24-17-13-21(14-18-24)11-15-23-16-12-22(10-4-2)20-25-23;1-3-5-6-7-8-18-25-23-16-12-20(13-17-23)10-14-22-15-11-21(9-4-2)19-24-22;1-3-4-15-6-10-16(18-13-15)9-5-14-7-11-17(19-2)12-8-14/h13-15,17-19,21H,3-12,16,20H2,1-2H3;12-14,16-18,20H,3-11,15,19H2,1-2H3;11-13,15-17,19H,3-10,14,18H2,1-2H3;6-8,10-13H,3-5,9H2,1-2H3. The molecule has 0 fully saturated rings. The van der Waals surface area contributed by atoms with Crippen molar-refractivity contribution in [1.82, 2.24) is 19.9 Å². The highest BCUT2D eigenvalue weighted by Crippen LogP contribution is 2.20. The normalized spacial score (nSPS) is 10.8. The van der Waals surface area contributed by atoms with Gasteiger partial charge in [0.2, 0.25) is 0 Å². The van der Waals surface area contributed by atoms with Gasteiger partial charge in [0.1, 0.15) is 23.0 Å². The monoisotopic (exact) mass is 1310 g/mol. The summed E-state index contributed by atoms with van der Waals surface area (Å²) in [6, 6.07) is 51.4. The average molecular weight is 1320 g/mol. The van der Waals surface area contributed by atoms with Gasteiger partial charge in [-0.3, -0.25) is 19.9 Å². The van der Waals surface area contributed by atoms with E-state index in [9.17, 15) is 0 Å². The Bertz CT molecular complexity index is 3110. The molecule has 0 atom stereocenters. The molecule has 0 saturated heterocycles. The minimum atomic E-state index is 0.830. The fourth-order valence-electron chi connectivity index (χ4n) is 11.5. The molecule has 4 aromatic carbocycles. The molecular formula is C89H126N4O4. The van der Waals surface area contributed by atoms with Gasteiger partial charge < -0.3 is 18.9 Å². The van der Waals surface area contributed by atoms with Crippen molar-refractivity contribution >= 4 is 0 Å². The highest BCUT2D eigenvalue weighted by molar-refractivity contribution is 5.31. The molecule has 8 nitrogen and oxygen atoms in total. The molecular weight excluding hydrogens is 1190 g/mol. The lowest BCUT2D eigenvalue weighted by Crippen LogP contribution is -1.98. The van der Waals surface area contributed by atoms with E-state index in [1.165, 1.54) is 184 Å². The Labute approximate surface area is 590 Å². The second kappa shape index (κ2) is 52.8. The molecule has 8 aromatic rings. The predicted octanol–water partition coefficient (Wildman–Crippen LogP) is 23.5. The average Bonchev–Trinajstić information content (AvgIpc) is 2.23. The lowest BCUT2D eigenvalue weighted by Gasteiger charge is -2.08. The maximum atomic E-state index is 5.88. The number of nitrogens with zero attached hydrogens (tertiary/aromatic N) is 4. The molecule has 97 heavy (non-hydrogen) atoms. The van der Waals surface area contributed by atoms with Gasteiger partial charge in [0.25, 0.3) is 0 Å². The van der Waals surface area contributed by atoms with E-state index >= 15 is 0 Å². The van der Waals surface area contributed by atoms with Crippen molar-refractivity contribution in [2.45, 2.75) is 267 Å². The third kappa shape index (κ3) is 37.3. The van der Waals surface area contributed by atoms with Crippen LogP contribution in [0, 0.1) is 0 Å². The molecule has 0 aliphatic rings. The van der Waals surface area contributed by atoms with E-state index in [1.54, 1.807) is 7.11 Å². The van der Waals surface area contributed by atoms with Crippen LogP contribution in [0.25, 0.3) is 0 Å². The van der Waals surface area contributed by atoms with Crippen LogP contribution >= 0.6 is 0 Å². The number of benzene rings is 4. The largest absolute Gasteiger partial charge is 0.497 e. The first-order valence-electron chi connectivity index (χ1n) is 38.3. The fraction of sp³-hybridized carbons (Fsp3) is 0.506. The Hall–Kier alpha value is -7.32. The summed E-state index contributed by atoms with van der Waals surface area (Å²) >= 11 is 0. The fourth-order valence-corrected chi connectivity index (χ4v) is 11.5. The molecule has 0 saturated carbocycles. The molecule has 0 spiro atoms. The van der Waals surface area contributed by atoms with Crippen LogP contribution in [-0.4, -0.2) is 46.9 Å². The Morgan fingerprint density at radius 3 is 0.629 bits per heavy atom. The van der Waals surface area contributed by atoms with E-state index in [2.05, 4.69) is 202 Å². The van der Waals surface area contributed by atoms with E-state index < -0.39 is 0 Å². The summed E-state index contributed by atoms with van der Waals surface area (Å²) < 4.78 is 22.7. The van der Waals surface area contributed by atoms with Crippen molar-refractivity contribution in [1.29, 1.82) is 0 Å². The van der Waals surface area contributed by atoms with Gasteiger partial charge in [-0.05, 0) is 214 Å². The molecule has 0 N–H and O–H groups in total. The van der Waals surface area contributed by atoms with Gasteiger partial charge in [0.05, 0.1) is 26.9 Å². The molecule has 8 rings (SSSR count). The zero-order chi connectivity index (χ0) is 68.9. The van der Waals surface area contributed by atoms with Gasteiger partial charge in [-0.25, -0.2) is 0 Å². The van der Waals surface area contributed by atoms with Crippen LogP contribution in [0.4, 0.5) is 0 Å². The number of methoxy groups -OCH3 is 1. The van der Waals surface area contributed by atoms with Crippen molar-refractivity contribution in [3.8, 4) is 23.0 Å². The van der Waals surface area contributed by atoms with Crippen LogP contribution in [0.1, 0.15) is 257 Å². The third-order valence-corrected chi connectivity index (χ3v) is 17.6. The summed E-state index contributed by atoms with van der Waals surface area (Å²) in [6.45, 7) is 18.1. The number of hydrogen-bond donors (Lipinski definition) is 0. The first-order chi connectivity index (χ1) is 47.8. The summed E-state index contributed by atoms with van der Waals surface area (Å²) in [5.74, 6) is 3.88. The van der Waals surface area contributed by atoms with E-state index in [0.717, 1.165) is 145 Å². The van der Waals surface area contributed by atoms with Gasteiger partial charge in [-0.2, -0.15) is 0 Å². The van der Waals surface area contributed by atoms with Crippen molar-refractivity contribution in [3.05, 3.63) is 238 Å². The molecule has 0 bridgehead atoms. The number of rotatable bonds is 45. The van der Waals surface area contributed by atoms with Gasteiger partial charge >= 0.3 is 0 Å². The first kappa shape index (κ1) is 80.4. The number of ether oxygens (including phenoxy) is 4. The van der Waals surface area contributed by atoms with Crippen LogP contribution in [0.3, 0.4) is 0 Å². The highest BCUT2D eigenvalue weighted by atomic mass is 16.5. The van der Waals surface area contributed by atoms with Crippen LogP contribution in [0.15, 0.2) is 170 Å². The maximum Gasteiger partial charge on any atom is 0.119 e. The van der Waals surface area contributed by atoms with Gasteiger partial charge in [0.15, 0.2) is 0 Å². The Balaban J connectivity index is 0.000000235. The number of hydrogen-bond acceptors (Lipinski definition) is 8. The van der Waals surface area contributed by atoms with E-state index in [4.69, 9.17) is 18.9 Å². The number of aromatic nitrogens is 4. The van der Waals surface area contributed by atoms with Crippen molar-refractivity contribution in [3.63, 3.8) is 0 Å². The molecule has 8 heteroatoms. The summed E-state index contributed by atoms with van der Waals surface area (Å²) in [5.41, 5.74) is 15.4. The zero-order valence-corrected chi connectivity index (χ0v) is 61.8. The van der Waals surface area contributed by atoms with Crippen LogP contribution in [0.5, 0.6) is 23.0 Å². The molecule has 0 aliphatic heterocycles. The van der Waals surface area contributed by atoms with Crippen LogP contribution in [0.2, 0.25) is 0 Å². The maximum absolute atomic E-state index is 5.88. The van der Waals surface area contributed by atoms with Gasteiger partial charge in [-0.15, -0.1) is 0 Å². The first-order valence-corrected chi connectivity index (χ1v) is 38.3. The van der Waals surface area contributed by atoms with Crippen molar-refractivity contribution in [2.24, 2.45) is 0 Å². The Morgan fingerprint density at radius 1 is 0.206 bits per heavy atom. The van der Waals surface area contributed by atoms with Crippen LogP contribution in [-0.2, 0) is 77.0 Å². The van der Waals surface area contributed by atoms with Crippen molar-refractivity contribution < 1.29 is 18.9 Å². The topological polar surface area (TPSA) is 88.5 Å². The lowest BCUT2D eigenvalue weighted by atomic mass is 10.1. The zero-order valence-electron chi connectivity index (χ0n) is 61.8. The molecule has 4 heterocycles. The Morgan fingerprint density at radius 2 is 0.423 bits per heavy atom. The number of aryl methyl sites for hydroxylation is 12. The van der Waals surface area contributed by atoms with E-state index in [0.29, 0.717) is 0 Å². The SMILES string of the molecule is CCCCCCCCCOc1ccc(CCc2ccc(CCC)cn2)cc1.CCCCCCCCOc1ccc(CCc2ccc(CCC)cn2)cc1.CCCCCCCOc1ccc(CCc2ccc(CCC)cn2)cc1.CCCc1ccc(CCc2ccc(OC)cc2)nc1. The van der Waals surface area contributed by atoms with Crippen LogP contribution < -0.4 is 18.9 Å². The van der Waals surface area contributed by atoms with E-state index in [-0.39, 0.29) is 0 Å². The molecule has 0 amide bonds. The molecule has 0 unspecified atom stereocenters. The van der Waals surface area contributed by atoms with E-state index in [1.807, 2.05) is 36.9 Å². The third-order valence-electron chi connectivity index (χ3n) is 17.6. The number of pyridine rings is 4. The predicted molar refractivity (Wildman–Crippen MR) is 411 cm³/mol. The highest BCUT2D eigenvalue weighted by Gasteiger charge is 2.06. The van der Waals surface area contributed by atoms with Gasteiger partial charge in [0, 0.05) is 47.6 Å². The molecule has 4 aromatic heterocycles. The lowest BCUT2D eigenvalue weighted by molar-refractivity contribution is 0.304. The summed E-state index contributed by atoms with van der Waals surface area (Å²) in [7, 11) is 1.69. The molecule has 0 radical (unpaired) electrons. The quantitative estimate of drug-likeness (QED) is 0.0349. The number of unbranched alkanes of at least 4 members (excludes halogenated alkanes) is 15. The Kier molecular flexibility index (Phi) is 43.7. The molecule has 526 valence electrons. The summed E-state index contributed by atoms with van der Waals surface area (Å²) in [4.78, 5) is 18.3. The van der Waals surface area contributed by atoms with Gasteiger partial charge in [-0.1, -0.05) is 243 Å². The van der Waals surface area contributed by atoms with Crippen molar-refractivity contribution in [2.75, 3.05) is 26.9 Å². The smallest absolute Gasteiger partial charge is 0.119 e. The minimum Gasteiger partial charge on any atom is -0.497 e. The minimum absolute atomic E-state index is 0.830. The second-order valence-corrected chi connectivity index (χ2v) is 26.3. The second-order valence-electron chi connectivity index (χ2n) is 26.3. The molecule has 0 aliphatic carbocycles. The summed E-state index contributed by atoms with van der Waals surface area (Å²) in [6.07, 6.45) is 48.7. The summed E-state index contributed by atoms with van der Waals surface area (Å²) in [5, 5.41) is 0.